The Kier molecular flexibility index (Phi) is 4.88. The third-order valence-electron chi connectivity index (χ3n) is 3.83. The highest BCUT2D eigenvalue weighted by Gasteiger charge is 2.22. The van der Waals surface area contributed by atoms with Crippen molar-refractivity contribution < 1.29 is 4.39 Å². The first-order valence-electron chi connectivity index (χ1n) is 7.14. The first-order chi connectivity index (χ1) is 9.04. The molecule has 0 saturated carbocycles. The minimum Gasteiger partial charge on any atom is -0.323 e. The highest BCUT2D eigenvalue weighted by molar-refractivity contribution is 5.09. The van der Waals surface area contributed by atoms with Crippen LogP contribution in [0.2, 0.25) is 0 Å². The maximum Gasteiger partial charge on any atom is 0.141 e. The Labute approximate surface area is 115 Å². The zero-order valence-corrected chi connectivity index (χ0v) is 11.8. The number of nitrogens with zero attached hydrogens (tertiary/aromatic N) is 2. The minimum absolute atomic E-state index is 0.104. The molecule has 4 heteroatoms. The van der Waals surface area contributed by atoms with Crippen LogP contribution in [-0.4, -0.2) is 29.5 Å². The average Bonchev–Trinajstić information content (AvgIpc) is 2.36. The molecule has 0 aliphatic carbocycles. The lowest BCUT2D eigenvalue weighted by molar-refractivity contribution is 0.137. The molecule has 1 aromatic heterocycles. The normalized spacial score (nSPS) is 26.3. The van der Waals surface area contributed by atoms with Crippen molar-refractivity contribution in [2.24, 2.45) is 17.6 Å². The zero-order chi connectivity index (χ0) is 13.8. The van der Waals surface area contributed by atoms with Crippen molar-refractivity contribution in [2.45, 2.75) is 32.7 Å². The van der Waals surface area contributed by atoms with E-state index >= 15 is 0 Å². The van der Waals surface area contributed by atoms with Crippen LogP contribution in [0.5, 0.6) is 0 Å². The standard InChI is InChI=1S/C15H24FN3/c1-11-7-12(2)10-19(9-11)6-5-14(17)15-4-3-13(16)8-18-15/h3-4,8,11-12,14H,5-7,9-10,17H2,1-2H3. The summed E-state index contributed by atoms with van der Waals surface area (Å²) < 4.78 is 12.8. The van der Waals surface area contributed by atoms with Gasteiger partial charge in [0.1, 0.15) is 5.82 Å². The van der Waals surface area contributed by atoms with Crippen molar-refractivity contribution in [3.05, 3.63) is 29.8 Å². The molecule has 0 bridgehead atoms. The van der Waals surface area contributed by atoms with Gasteiger partial charge in [0.2, 0.25) is 0 Å². The maximum atomic E-state index is 12.8. The molecule has 2 N–H and O–H groups in total. The number of piperidine rings is 1. The van der Waals surface area contributed by atoms with Crippen molar-refractivity contribution >= 4 is 0 Å². The van der Waals surface area contributed by atoms with Gasteiger partial charge in [-0.25, -0.2) is 4.39 Å². The lowest BCUT2D eigenvalue weighted by Gasteiger charge is -2.35. The maximum absolute atomic E-state index is 12.8. The van der Waals surface area contributed by atoms with E-state index in [1.54, 1.807) is 6.07 Å². The van der Waals surface area contributed by atoms with Gasteiger partial charge in [-0.15, -0.1) is 0 Å². The lowest BCUT2D eigenvalue weighted by atomic mass is 9.91. The van der Waals surface area contributed by atoms with Gasteiger partial charge in [-0.1, -0.05) is 13.8 Å². The summed E-state index contributed by atoms with van der Waals surface area (Å²) in [4.78, 5) is 6.54. The van der Waals surface area contributed by atoms with Gasteiger partial charge in [-0.2, -0.15) is 0 Å². The molecule has 3 unspecified atom stereocenters. The number of hydrogen-bond acceptors (Lipinski definition) is 3. The molecule has 3 nitrogen and oxygen atoms in total. The summed E-state index contributed by atoms with van der Waals surface area (Å²) in [6.07, 6.45) is 3.43. The predicted octanol–water partition coefficient (Wildman–Crippen LogP) is 2.59. The Morgan fingerprint density at radius 2 is 2.05 bits per heavy atom. The molecule has 1 saturated heterocycles. The molecule has 1 aromatic rings. The highest BCUT2D eigenvalue weighted by Crippen LogP contribution is 2.22. The van der Waals surface area contributed by atoms with Crippen LogP contribution in [0.1, 0.15) is 38.4 Å². The van der Waals surface area contributed by atoms with Crippen molar-refractivity contribution in [3.8, 4) is 0 Å². The molecule has 0 amide bonds. The van der Waals surface area contributed by atoms with Gasteiger partial charge in [0, 0.05) is 25.7 Å². The largest absolute Gasteiger partial charge is 0.323 e. The van der Waals surface area contributed by atoms with Gasteiger partial charge in [-0.3, -0.25) is 4.98 Å². The van der Waals surface area contributed by atoms with E-state index < -0.39 is 0 Å². The predicted molar refractivity (Wildman–Crippen MR) is 75.1 cm³/mol. The van der Waals surface area contributed by atoms with E-state index in [4.69, 9.17) is 5.73 Å². The van der Waals surface area contributed by atoms with Crippen molar-refractivity contribution in [2.75, 3.05) is 19.6 Å². The number of halogens is 1. The van der Waals surface area contributed by atoms with Crippen LogP contribution in [0.3, 0.4) is 0 Å². The number of aromatic nitrogens is 1. The topological polar surface area (TPSA) is 42.1 Å². The molecular formula is C15H24FN3. The van der Waals surface area contributed by atoms with E-state index in [1.807, 2.05) is 0 Å². The third-order valence-corrected chi connectivity index (χ3v) is 3.83. The zero-order valence-electron chi connectivity index (χ0n) is 11.8. The van der Waals surface area contributed by atoms with Crippen LogP contribution in [0, 0.1) is 17.7 Å². The Morgan fingerprint density at radius 1 is 1.37 bits per heavy atom. The number of likely N-dealkylation sites (tertiary alicyclic amines) is 1. The summed E-state index contributed by atoms with van der Waals surface area (Å²) in [6.45, 7) is 7.94. The SMILES string of the molecule is CC1CC(C)CN(CCC(N)c2ccc(F)cn2)C1. The van der Waals surface area contributed by atoms with E-state index in [1.165, 1.54) is 18.7 Å². The molecule has 1 aliphatic heterocycles. The lowest BCUT2D eigenvalue weighted by Crippen LogP contribution is -2.40. The summed E-state index contributed by atoms with van der Waals surface area (Å²) in [6, 6.07) is 3.00. The molecule has 1 aliphatic rings. The van der Waals surface area contributed by atoms with Crippen molar-refractivity contribution in [3.63, 3.8) is 0 Å². The molecule has 1 fully saturated rings. The molecule has 2 rings (SSSR count). The molecule has 2 heterocycles. The van der Waals surface area contributed by atoms with Crippen LogP contribution >= 0.6 is 0 Å². The quantitative estimate of drug-likeness (QED) is 0.910. The monoisotopic (exact) mass is 265 g/mol. The van der Waals surface area contributed by atoms with Gasteiger partial charge >= 0.3 is 0 Å². The fourth-order valence-corrected chi connectivity index (χ4v) is 3.05. The second-order valence-corrected chi connectivity index (χ2v) is 6.00. The van der Waals surface area contributed by atoms with Crippen LogP contribution in [0.4, 0.5) is 4.39 Å². The van der Waals surface area contributed by atoms with E-state index in [0.717, 1.165) is 43.6 Å². The minimum atomic E-state index is -0.311. The van der Waals surface area contributed by atoms with Gasteiger partial charge in [0.25, 0.3) is 0 Å². The van der Waals surface area contributed by atoms with Crippen molar-refractivity contribution in [1.82, 2.24) is 9.88 Å². The van der Waals surface area contributed by atoms with Crippen LogP contribution in [-0.2, 0) is 0 Å². The Balaban J connectivity index is 1.83. The number of pyridine rings is 1. The Morgan fingerprint density at radius 3 is 2.63 bits per heavy atom. The van der Waals surface area contributed by atoms with Gasteiger partial charge in [0.05, 0.1) is 11.9 Å². The fourth-order valence-electron chi connectivity index (χ4n) is 3.05. The number of nitrogens with two attached hydrogens (primary N) is 1. The van der Waals surface area contributed by atoms with E-state index in [0.29, 0.717) is 0 Å². The third kappa shape index (κ3) is 4.25. The Bertz CT molecular complexity index is 383. The number of rotatable bonds is 4. The molecule has 0 radical (unpaired) electrons. The number of hydrogen-bond donors (Lipinski definition) is 1. The molecule has 0 aromatic carbocycles. The first-order valence-corrected chi connectivity index (χ1v) is 7.14. The summed E-state index contributed by atoms with van der Waals surface area (Å²) in [5, 5.41) is 0. The second-order valence-electron chi connectivity index (χ2n) is 6.00. The molecule has 3 atom stereocenters. The molecule has 19 heavy (non-hydrogen) atoms. The molecule has 106 valence electrons. The summed E-state index contributed by atoms with van der Waals surface area (Å²) in [7, 11) is 0. The van der Waals surface area contributed by atoms with Gasteiger partial charge in [-0.05, 0) is 36.8 Å². The highest BCUT2D eigenvalue weighted by atomic mass is 19.1. The van der Waals surface area contributed by atoms with E-state index in [2.05, 4.69) is 23.7 Å². The van der Waals surface area contributed by atoms with E-state index in [-0.39, 0.29) is 11.9 Å². The summed E-state index contributed by atoms with van der Waals surface area (Å²) in [5.74, 6) is 1.22. The fraction of sp³-hybridized carbons (Fsp3) is 0.667. The smallest absolute Gasteiger partial charge is 0.141 e. The average molecular weight is 265 g/mol. The summed E-state index contributed by atoms with van der Waals surface area (Å²) >= 11 is 0. The van der Waals surface area contributed by atoms with Crippen LogP contribution in [0.15, 0.2) is 18.3 Å². The molecular weight excluding hydrogens is 241 g/mol. The first kappa shape index (κ1) is 14.4. The molecule has 0 spiro atoms. The van der Waals surface area contributed by atoms with E-state index in [9.17, 15) is 4.39 Å². The summed E-state index contributed by atoms with van der Waals surface area (Å²) in [5.41, 5.74) is 6.90. The Hall–Kier alpha value is -1.00. The van der Waals surface area contributed by atoms with Crippen molar-refractivity contribution in [1.29, 1.82) is 0 Å². The van der Waals surface area contributed by atoms with Gasteiger partial charge < -0.3 is 10.6 Å². The second kappa shape index (κ2) is 6.44. The van der Waals surface area contributed by atoms with Gasteiger partial charge in [0.15, 0.2) is 0 Å². The van der Waals surface area contributed by atoms with Crippen LogP contribution in [0.25, 0.3) is 0 Å². The van der Waals surface area contributed by atoms with Crippen LogP contribution < -0.4 is 5.73 Å².